The Balaban J connectivity index is 2.23. The number of rotatable bonds is 9. The monoisotopic (exact) mass is 464 g/mol. The first-order valence-electron chi connectivity index (χ1n) is 10.4. The predicted molar refractivity (Wildman–Crippen MR) is 126 cm³/mol. The normalized spacial score (nSPS) is 12.7. The van der Waals surface area contributed by atoms with Crippen LogP contribution in [-0.2, 0) is 16.1 Å². The van der Waals surface area contributed by atoms with Gasteiger partial charge in [-0.1, -0.05) is 48.3 Å². The number of aryl methyl sites for hydroxylation is 2. The van der Waals surface area contributed by atoms with Gasteiger partial charge in [-0.05, 0) is 69.0 Å². The van der Waals surface area contributed by atoms with Crippen LogP contribution in [0, 0.1) is 13.8 Å². The average Bonchev–Trinajstić information content (AvgIpc) is 2.73. The van der Waals surface area contributed by atoms with Crippen molar-refractivity contribution in [3.8, 4) is 5.75 Å². The van der Waals surface area contributed by atoms with Crippen molar-refractivity contribution in [3.63, 3.8) is 0 Å². The minimum Gasteiger partial charge on any atom is -0.483 e. The zero-order chi connectivity index (χ0) is 23.1. The van der Waals surface area contributed by atoms with Crippen molar-refractivity contribution in [1.82, 2.24) is 10.2 Å². The van der Waals surface area contributed by atoms with Crippen molar-refractivity contribution in [2.45, 2.75) is 59.7 Å². The summed E-state index contributed by atoms with van der Waals surface area (Å²) < 4.78 is 5.80. The van der Waals surface area contributed by atoms with Crippen molar-refractivity contribution in [2.75, 3.05) is 6.61 Å². The Kier molecular flexibility index (Phi) is 9.20. The molecule has 2 aromatic carbocycles. The fraction of sp³-hybridized carbons (Fsp3) is 0.417. The third-order valence-electron chi connectivity index (χ3n) is 5.22. The van der Waals surface area contributed by atoms with Crippen molar-refractivity contribution < 1.29 is 14.3 Å². The minimum atomic E-state index is -0.699. The van der Waals surface area contributed by atoms with Crippen LogP contribution in [0.25, 0.3) is 0 Å². The maximum atomic E-state index is 13.1. The zero-order valence-corrected chi connectivity index (χ0v) is 20.2. The molecule has 0 spiro atoms. The first-order valence-corrected chi connectivity index (χ1v) is 11.1. The molecule has 0 radical (unpaired) electrons. The van der Waals surface area contributed by atoms with Crippen LogP contribution >= 0.6 is 23.2 Å². The highest BCUT2D eigenvalue weighted by Crippen LogP contribution is 2.24. The highest BCUT2D eigenvalue weighted by Gasteiger charge is 2.27. The molecule has 0 saturated heterocycles. The quantitative estimate of drug-likeness (QED) is 0.545. The average molecular weight is 465 g/mol. The largest absolute Gasteiger partial charge is 0.483 e. The zero-order valence-electron chi connectivity index (χ0n) is 18.7. The van der Waals surface area contributed by atoms with Gasteiger partial charge in [-0.2, -0.15) is 0 Å². The lowest BCUT2D eigenvalue weighted by molar-refractivity contribution is -0.142. The van der Waals surface area contributed by atoms with Crippen LogP contribution in [0.2, 0.25) is 10.0 Å². The van der Waals surface area contributed by atoms with E-state index in [-0.39, 0.29) is 31.0 Å². The Morgan fingerprint density at radius 1 is 1.10 bits per heavy atom. The third kappa shape index (κ3) is 7.15. The van der Waals surface area contributed by atoms with Crippen LogP contribution in [0.15, 0.2) is 36.4 Å². The van der Waals surface area contributed by atoms with E-state index in [1.807, 2.05) is 45.9 Å². The number of carbonyl (C=O) groups excluding carboxylic acids is 2. The molecule has 31 heavy (non-hydrogen) atoms. The molecule has 7 heteroatoms. The van der Waals surface area contributed by atoms with Crippen molar-refractivity contribution >= 4 is 35.0 Å². The summed E-state index contributed by atoms with van der Waals surface area (Å²) in [6.07, 6.45) is 0.797. The molecular formula is C24H30Cl2N2O3. The Hall–Kier alpha value is -2.24. The summed E-state index contributed by atoms with van der Waals surface area (Å²) in [7, 11) is 0. The van der Waals surface area contributed by atoms with Gasteiger partial charge in [0.1, 0.15) is 11.8 Å². The first kappa shape index (κ1) is 25.0. The van der Waals surface area contributed by atoms with Crippen LogP contribution in [0.1, 0.15) is 43.9 Å². The molecule has 0 fully saturated rings. The van der Waals surface area contributed by atoms with Gasteiger partial charge in [0.15, 0.2) is 6.61 Å². The summed E-state index contributed by atoms with van der Waals surface area (Å²) in [5, 5.41) is 3.88. The maximum Gasteiger partial charge on any atom is 0.261 e. The number of amides is 2. The summed E-state index contributed by atoms with van der Waals surface area (Å²) in [4.78, 5) is 27.4. The van der Waals surface area contributed by atoms with Gasteiger partial charge < -0.3 is 15.0 Å². The van der Waals surface area contributed by atoms with E-state index in [1.165, 1.54) is 4.90 Å². The van der Waals surface area contributed by atoms with Crippen molar-refractivity contribution in [1.29, 1.82) is 0 Å². The molecule has 2 rings (SSSR count). The maximum absolute atomic E-state index is 13.1. The highest BCUT2D eigenvalue weighted by atomic mass is 35.5. The van der Waals surface area contributed by atoms with E-state index >= 15 is 0 Å². The molecule has 0 aliphatic rings. The molecule has 0 aliphatic carbocycles. The van der Waals surface area contributed by atoms with Crippen LogP contribution in [0.3, 0.4) is 0 Å². The van der Waals surface area contributed by atoms with Crippen LogP contribution < -0.4 is 10.1 Å². The van der Waals surface area contributed by atoms with Gasteiger partial charge in [-0.25, -0.2) is 0 Å². The second kappa shape index (κ2) is 11.4. The van der Waals surface area contributed by atoms with E-state index in [0.29, 0.717) is 21.4 Å². The smallest absolute Gasteiger partial charge is 0.261 e. The van der Waals surface area contributed by atoms with E-state index in [0.717, 1.165) is 17.5 Å². The molecular weight excluding hydrogens is 435 g/mol. The van der Waals surface area contributed by atoms with Gasteiger partial charge >= 0.3 is 0 Å². The summed E-state index contributed by atoms with van der Waals surface area (Å²) >= 11 is 12.3. The van der Waals surface area contributed by atoms with Gasteiger partial charge in [-0.3, -0.25) is 9.59 Å². The number of halogens is 2. The number of ether oxygens (including phenoxy) is 1. The summed E-state index contributed by atoms with van der Waals surface area (Å²) in [5.74, 6) is 0.118. The number of nitrogens with one attached hydrogen (secondary N) is 1. The number of nitrogens with zero attached hydrogens (tertiary/aromatic N) is 1. The lowest BCUT2D eigenvalue weighted by Crippen LogP contribution is -2.50. The predicted octanol–water partition coefficient (Wildman–Crippen LogP) is 5.32. The van der Waals surface area contributed by atoms with E-state index in [9.17, 15) is 9.59 Å². The SMILES string of the molecule is CC[C@@H](C)NC(=O)[C@@H](C)N(Cc1ccc(Cl)cc1Cl)C(=O)COc1cc(C)ccc1C. The second-order valence-corrected chi connectivity index (χ2v) is 8.65. The number of benzene rings is 2. The minimum absolute atomic E-state index is 0.0113. The molecule has 2 atom stereocenters. The molecule has 0 bridgehead atoms. The number of hydrogen-bond donors (Lipinski definition) is 1. The van der Waals surface area contributed by atoms with E-state index in [4.69, 9.17) is 27.9 Å². The fourth-order valence-corrected chi connectivity index (χ4v) is 3.44. The van der Waals surface area contributed by atoms with Gasteiger partial charge in [-0.15, -0.1) is 0 Å². The Bertz CT molecular complexity index is 933. The summed E-state index contributed by atoms with van der Waals surface area (Å²) in [6.45, 7) is 9.49. The lowest BCUT2D eigenvalue weighted by atomic mass is 10.1. The Labute approximate surface area is 194 Å². The second-order valence-electron chi connectivity index (χ2n) is 7.81. The Morgan fingerprint density at radius 2 is 1.81 bits per heavy atom. The van der Waals surface area contributed by atoms with Gasteiger partial charge in [0.25, 0.3) is 5.91 Å². The van der Waals surface area contributed by atoms with Crippen molar-refractivity contribution in [2.24, 2.45) is 0 Å². The molecule has 2 amide bonds. The van der Waals surface area contributed by atoms with E-state index in [2.05, 4.69) is 5.32 Å². The van der Waals surface area contributed by atoms with Crippen LogP contribution in [0.5, 0.6) is 5.75 Å². The standard InChI is InChI=1S/C24H30Cl2N2O3/c1-6-17(4)27-24(30)18(5)28(13-19-9-10-20(25)12-21(19)26)23(29)14-31-22-11-15(2)7-8-16(22)3/h7-12,17-18H,6,13-14H2,1-5H3,(H,27,30)/t17-,18-/m1/s1. The summed E-state index contributed by atoms with van der Waals surface area (Å²) in [5.41, 5.74) is 2.68. The first-order chi connectivity index (χ1) is 14.6. The van der Waals surface area contributed by atoms with Crippen LogP contribution in [-0.4, -0.2) is 35.4 Å². The topological polar surface area (TPSA) is 58.6 Å². The van der Waals surface area contributed by atoms with Crippen LogP contribution in [0.4, 0.5) is 0 Å². The molecule has 5 nitrogen and oxygen atoms in total. The molecule has 2 aromatic rings. The highest BCUT2D eigenvalue weighted by molar-refractivity contribution is 6.35. The Morgan fingerprint density at radius 3 is 2.45 bits per heavy atom. The molecule has 0 aromatic heterocycles. The van der Waals surface area contributed by atoms with Gasteiger partial charge in [0.2, 0.25) is 5.91 Å². The molecule has 0 unspecified atom stereocenters. The molecule has 0 aliphatic heterocycles. The van der Waals surface area contributed by atoms with Crippen molar-refractivity contribution in [3.05, 3.63) is 63.1 Å². The third-order valence-corrected chi connectivity index (χ3v) is 5.81. The molecule has 0 saturated carbocycles. The van der Waals surface area contributed by atoms with Gasteiger partial charge in [0, 0.05) is 22.6 Å². The van der Waals surface area contributed by atoms with E-state index in [1.54, 1.807) is 25.1 Å². The lowest BCUT2D eigenvalue weighted by Gasteiger charge is -2.30. The number of carbonyl (C=O) groups is 2. The summed E-state index contributed by atoms with van der Waals surface area (Å²) in [6, 6.07) is 10.2. The van der Waals surface area contributed by atoms with E-state index < -0.39 is 6.04 Å². The van der Waals surface area contributed by atoms with Gasteiger partial charge in [0.05, 0.1) is 0 Å². The fourth-order valence-electron chi connectivity index (χ4n) is 2.97. The molecule has 1 N–H and O–H groups in total. The molecule has 0 heterocycles. The number of hydrogen-bond acceptors (Lipinski definition) is 3. The molecule has 168 valence electrons.